The Morgan fingerprint density at radius 2 is 2.00 bits per heavy atom. The van der Waals surface area contributed by atoms with Crippen LogP contribution in [0.4, 0.5) is 0 Å². The molecule has 0 aliphatic heterocycles. The molecule has 0 unspecified atom stereocenters. The number of methoxy groups -OCH3 is 1. The van der Waals surface area contributed by atoms with Gasteiger partial charge >= 0.3 is 0 Å². The zero-order valence-corrected chi connectivity index (χ0v) is 15.4. The lowest BCUT2D eigenvalue weighted by molar-refractivity contribution is -0.115. The minimum Gasteiger partial charge on any atom is -0.511 e. The van der Waals surface area contributed by atoms with E-state index in [9.17, 15) is 9.90 Å². The van der Waals surface area contributed by atoms with Crippen molar-refractivity contribution in [1.82, 2.24) is 0 Å². The van der Waals surface area contributed by atoms with Crippen LogP contribution in [0.15, 0.2) is 17.9 Å². The highest BCUT2D eigenvalue weighted by Gasteiger charge is 2.48. The van der Waals surface area contributed by atoms with E-state index in [-0.39, 0.29) is 17.0 Å². The molecule has 0 saturated heterocycles. The minimum atomic E-state index is -0.366. The van der Waals surface area contributed by atoms with Crippen molar-refractivity contribution in [2.45, 2.75) is 52.4 Å². The van der Waals surface area contributed by atoms with Crippen LogP contribution in [0.25, 0.3) is 5.57 Å². The first-order valence-electron chi connectivity index (χ1n) is 8.75. The van der Waals surface area contributed by atoms with Gasteiger partial charge in [-0.05, 0) is 55.7 Å². The summed E-state index contributed by atoms with van der Waals surface area (Å²) in [6.45, 7) is 4.26. The van der Waals surface area contributed by atoms with Crippen LogP contribution in [-0.2, 0) is 11.2 Å². The Hall–Kier alpha value is -1.48. The first kappa shape index (κ1) is 17.3. The van der Waals surface area contributed by atoms with E-state index in [2.05, 4.69) is 6.92 Å². The van der Waals surface area contributed by atoms with Gasteiger partial charge in [0.1, 0.15) is 11.5 Å². The Morgan fingerprint density at radius 3 is 2.58 bits per heavy atom. The molecule has 0 heterocycles. The predicted molar refractivity (Wildman–Crippen MR) is 96.6 cm³/mol. The average molecular weight is 349 g/mol. The number of hydrogen-bond acceptors (Lipinski definition) is 3. The summed E-state index contributed by atoms with van der Waals surface area (Å²) in [6.07, 6.45) is 5.02. The summed E-state index contributed by atoms with van der Waals surface area (Å²) >= 11 is 6.17. The first-order chi connectivity index (χ1) is 11.4. The highest BCUT2D eigenvalue weighted by atomic mass is 35.5. The molecule has 1 aromatic carbocycles. The summed E-state index contributed by atoms with van der Waals surface area (Å²) < 4.78 is 5.49. The molecule has 1 spiro atoms. The van der Waals surface area contributed by atoms with Crippen LogP contribution in [0.3, 0.4) is 0 Å². The summed E-state index contributed by atoms with van der Waals surface area (Å²) in [7, 11) is 1.57. The zero-order valence-electron chi connectivity index (χ0n) is 14.6. The number of aliphatic hydroxyl groups excluding tert-OH is 1. The SMILES string of the molecule is CCc1cc(Cl)cc(OC)c1C1=C(O)C2(CCC(C)CC2)CC1=O. The van der Waals surface area contributed by atoms with E-state index in [0.717, 1.165) is 43.2 Å². The predicted octanol–water partition coefficient (Wildman–Crippen LogP) is 5.35. The molecule has 1 fully saturated rings. The monoisotopic (exact) mass is 348 g/mol. The van der Waals surface area contributed by atoms with E-state index in [1.54, 1.807) is 13.2 Å². The Balaban J connectivity index is 2.15. The van der Waals surface area contributed by atoms with Crippen LogP contribution in [0.2, 0.25) is 5.02 Å². The number of aryl methyl sites for hydroxylation is 1. The van der Waals surface area contributed by atoms with Crippen LogP contribution in [-0.4, -0.2) is 18.0 Å². The van der Waals surface area contributed by atoms with Gasteiger partial charge in [0, 0.05) is 22.4 Å². The van der Waals surface area contributed by atoms with Crippen molar-refractivity contribution in [3.63, 3.8) is 0 Å². The van der Waals surface area contributed by atoms with Crippen molar-refractivity contribution >= 4 is 23.0 Å². The molecule has 1 saturated carbocycles. The van der Waals surface area contributed by atoms with Gasteiger partial charge in [-0.2, -0.15) is 0 Å². The molecule has 2 aliphatic carbocycles. The van der Waals surface area contributed by atoms with E-state index in [1.165, 1.54) is 0 Å². The maximum absolute atomic E-state index is 12.9. The maximum Gasteiger partial charge on any atom is 0.168 e. The van der Waals surface area contributed by atoms with Crippen molar-refractivity contribution in [3.8, 4) is 5.75 Å². The van der Waals surface area contributed by atoms with E-state index in [4.69, 9.17) is 16.3 Å². The number of rotatable bonds is 3. The molecule has 0 radical (unpaired) electrons. The maximum atomic E-state index is 12.9. The molecule has 2 aliphatic rings. The summed E-state index contributed by atoms with van der Waals surface area (Å²) in [4.78, 5) is 12.9. The number of hydrogen-bond donors (Lipinski definition) is 1. The number of ether oxygens (including phenoxy) is 1. The third-order valence-electron chi connectivity index (χ3n) is 5.75. The number of allylic oxidation sites excluding steroid dienone is 2. The van der Waals surface area contributed by atoms with Crippen LogP contribution in [0.5, 0.6) is 5.75 Å². The van der Waals surface area contributed by atoms with Gasteiger partial charge in [0.05, 0.1) is 12.7 Å². The number of ketones is 1. The van der Waals surface area contributed by atoms with Gasteiger partial charge in [-0.25, -0.2) is 0 Å². The quantitative estimate of drug-likeness (QED) is 0.800. The van der Waals surface area contributed by atoms with Gasteiger partial charge in [-0.15, -0.1) is 0 Å². The van der Waals surface area contributed by atoms with Gasteiger partial charge in [0.2, 0.25) is 0 Å². The summed E-state index contributed by atoms with van der Waals surface area (Å²) in [5, 5.41) is 11.6. The Labute approximate surface area is 148 Å². The normalized spacial score (nSPS) is 27.2. The number of benzene rings is 1. The highest BCUT2D eigenvalue weighted by Crippen LogP contribution is 2.54. The average Bonchev–Trinajstić information content (AvgIpc) is 2.80. The molecule has 130 valence electrons. The van der Waals surface area contributed by atoms with Crippen LogP contribution in [0.1, 0.15) is 57.1 Å². The second-order valence-corrected chi connectivity index (χ2v) is 7.72. The van der Waals surface area contributed by atoms with Crippen LogP contribution in [0, 0.1) is 11.3 Å². The first-order valence-corrected chi connectivity index (χ1v) is 9.13. The van der Waals surface area contributed by atoms with Gasteiger partial charge < -0.3 is 9.84 Å². The molecule has 0 atom stereocenters. The fourth-order valence-corrected chi connectivity index (χ4v) is 4.45. The molecule has 3 nitrogen and oxygen atoms in total. The molecular formula is C20H25ClO3. The molecule has 0 bridgehead atoms. The Kier molecular flexibility index (Phi) is 4.65. The van der Waals surface area contributed by atoms with Crippen LogP contribution < -0.4 is 4.74 Å². The smallest absolute Gasteiger partial charge is 0.168 e. The molecule has 1 N–H and O–H groups in total. The van der Waals surface area contributed by atoms with Gasteiger partial charge in [0.25, 0.3) is 0 Å². The third kappa shape index (κ3) is 2.73. The molecule has 24 heavy (non-hydrogen) atoms. The fourth-order valence-electron chi connectivity index (χ4n) is 4.22. The molecule has 4 heteroatoms. The number of aliphatic hydroxyl groups is 1. The largest absolute Gasteiger partial charge is 0.511 e. The Morgan fingerprint density at radius 1 is 1.33 bits per heavy atom. The van der Waals surface area contributed by atoms with E-state index >= 15 is 0 Å². The molecular weight excluding hydrogens is 324 g/mol. The highest BCUT2D eigenvalue weighted by molar-refractivity contribution is 6.31. The topological polar surface area (TPSA) is 46.5 Å². The second kappa shape index (κ2) is 6.44. The lowest BCUT2D eigenvalue weighted by Gasteiger charge is -2.35. The summed E-state index contributed by atoms with van der Waals surface area (Å²) in [6, 6.07) is 3.58. The summed E-state index contributed by atoms with van der Waals surface area (Å²) in [5.41, 5.74) is 1.75. The Bertz CT molecular complexity index is 672. The van der Waals surface area contributed by atoms with Crippen LogP contribution >= 0.6 is 11.6 Å². The second-order valence-electron chi connectivity index (χ2n) is 7.28. The standard InChI is InChI=1S/C20H25ClO3/c1-4-13-9-14(21)10-16(24-3)17(13)18-15(22)11-20(19(18)23)7-5-12(2)6-8-20/h9-10,12,23H,4-8,11H2,1-3H3. The summed E-state index contributed by atoms with van der Waals surface area (Å²) in [5.74, 6) is 1.53. The lowest BCUT2D eigenvalue weighted by Crippen LogP contribution is -2.27. The molecule has 1 aromatic rings. The van der Waals surface area contributed by atoms with Crippen molar-refractivity contribution in [3.05, 3.63) is 34.0 Å². The van der Waals surface area contributed by atoms with Crippen molar-refractivity contribution in [2.75, 3.05) is 7.11 Å². The number of carbonyl (C=O) groups is 1. The lowest BCUT2D eigenvalue weighted by atomic mass is 9.69. The third-order valence-corrected chi connectivity index (χ3v) is 5.97. The fraction of sp³-hybridized carbons (Fsp3) is 0.550. The van der Waals surface area contributed by atoms with E-state index < -0.39 is 0 Å². The van der Waals surface area contributed by atoms with Crippen molar-refractivity contribution < 1.29 is 14.6 Å². The number of Topliss-reactive ketones (excluding diaryl/α,β-unsaturated/α-hetero) is 1. The number of halogens is 1. The van der Waals surface area contributed by atoms with E-state index in [1.807, 2.05) is 13.0 Å². The van der Waals surface area contributed by atoms with Crippen molar-refractivity contribution in [2.24, 2.45) is 11.3 Å². The van der Waals surface area contributed by atoms with Crippen molar-refractivity contribution in [1.29, 1.82) is 0 Å². The van der Waals surface area contributed by atoms with Gasteiger partial charge in [-0.1, -0.05) is 25.4 Å². The van der Waals surface area contributed by atoms with Gasteiger partial charge in [-0.3, -0.25) is 4.79 Å². The number of carbonyl (C=O) groups excluding carboxylic acids is 1. The minimum absolute atomic E-state index is 0.0253. The molecule has 0 aromatic heterocycles. The zero-order chi connectivity index (χ0) is 17.5. The van der Waals surface area contributed by atoms with Gasteiger partial charge in [0.15, 0.2) is 5.78 Å². The molecule has 3 rings (SSSR count). The van der Waals surface area contributed by atoms with E-state index in [0.29, 0.717) is 28.7 Å². The molecule has 0 amide bonds.